The molecular weight excluding hydrogens is 682 g/mol. The number of nitrogens with zero attached hydrogens (tertiary/aromatic N) is 7. The molecule has 3 aromatic heterocycles. The predicted molar refractivity (Wildman–Crippen MR) is 175 cm³/mol. The van der Waals surface area contributed by atoms with E-state index in [1.807, 2.05) is 0 Å². The average molecular weight is 721 g/mol. The molecule has 17 nitrogen and oxygen atoms in total. The highest BCUT2D eigenvalue weighted by Crippen LogP contribution is 2.52. The van der Waals surface area contributed by atoms with Crippen LogP contribution in [-0.4, -0.2) is 90.2 Å². The van der Waals surface area contributed by atoms with Gasteiger partial charge in [0.2, 0.25) is 11.9 Å². The topological polar surface area (TPSA) is 224 Å². The molecule has 0 spiro atoms. The number of fused-ring (bicyclic) bond motifs is 4. The third kappa shape index (κ3) is 8.28. The van der Waals surface area contributed by atoms with Gasteiger partial charge in [0.15, 0.2) is 17.5 Å². The molecule has 2 aliphatic carbocycles. The van der Waals surface area contributed by atoms with Crippen molar-refractivity contribution >= 4 is 47.4 Å². The van der Waals surface area contributed by atoms with Crippen molar-refractivity contribution in [1.82, 2.24) is 34.9 Å². The van der Waals surface area contributed by atoms with Crippen LogP contribution in [-0.2, 0) is 35.1 Å². The van der Waals surface area contributed by atoms with E-state index in [-0.39, 0.29) is 79.5 Å². The number of carbonyl (C=O) groups excluding carboxylic acids is 1. The molecule has 4 N–H and O–H groups in total. The van der Waals surface area contributed by atoms with Crippen molar-refractivity contribution in [3.8, 4) is 6.07 Å². The van der Waals surface area contributed by atoms with Crippen molar-refractivity contribution < 1.29 is 32.6 Å². The van der Waals surface area contributed by atoms with E-state index in [4.69, 9.17) is 35.6 Å². The Morgan fingerprint density at radius 2 is 2.14 bits per heavy atom. The average Bonchev–Trinajstić information content (AvgIpc) is 3.75. The van der Waals surface area contributed by atoms with E-state index in [9.17, 15) is 14.5 Å². The third-order valence-electron chi connectivity index (χ3n) is 9.04. The van der Waals surface area contributed by atoms with E-state index in [1.54, 1.807) is 24.6 Å². The van der Waals surface area contributed by atoms with Gasteiger partial charge in [-0.15, -0.1) is 5.10 Å². The maximum Gasteiger partial charge on any atom is 0.324 e. The van der Waals surface area contributed by atoms with E-state index < -0.39 is 42.8 Å². The largest absolute Gasteiger partial charge is 0.364 e. The highest BCUT2D eigenvalue weighted by Gasteiger charge is 2.48. The summed E-state index contributed by atoms with van der Waals surface area (Å²) in [6, 6.07) is 2.59. The summed E-state index contributed by atoms with van der Waals surface area (Å²) < 4.78 is 41.5. The minimum Gasteiger partial charge on any atom is -0.364 e. The number of amides is 1. The van der Waals surface area contributed by atoms with E-state index in [1.165, 1.54) is 12.5 Å². The number of aromatic nitrogens is 7. The minimum atomic E-state index is -3.91. The van der Waals surface area contributed by atoms with Crippen LogP contribution in [0.2, 0.25) is 0 Å². The van der Waals surface area contributed by atoms with Gasteiger partial charge in [-0.3, -0.25) is 19.9 Å². The smallest absolute Gasteiger partial charge is 0.324 e. The number of alkyl halides is 1. The fraction of sp³-hybridized carbons (Fsp3) is 0.655. The van der Waals surface area contributed by atoms with E-state index in [0.717, 1.165) is 0 Å². The molecule has 2 saturated carbocycles. The van der Waals surface area contributed by atoms with Crippen LogP contribution < -0.4 is 16.2 Å². The number of rotatable bonds is 8. The van der Waals surface area contributed by atoms with E-state index in [2.05, 4.69) is 47.0 Å². The van der Waals surface area contributed by atoms with Crippen LogP contribution in [0.4, 0.5) is 16.2 Å². The van der Waals surface area contributed by atoms with Gasteiger partial charge in [0.25, 0.3) is 5.56 Å². The maximum absolute atomic E-state index is 15.9. The summed E-state index contributed by atoms with van der Waals surface area (Å²) in [5, 5.41) is 23.2. The predicted octanol–water partition coefficient (Wildman–Crippen LogP) is 2.60. The maximum atomic E-state index is 15.9. The summed E-state index contributed by atoms with van der Waals surface area (Å²) in [4.78, 5) is 51.4. The second-order valence-corrected chi connectivity index (χ2v) is 15.6. The molecular formula is C29H38FN10O7PS. The van der Waals surface area contributed by atoms with Crippen molar-refractivity contribution in [3.05, 3.63) is 28.9 Å². The normalized spacial score (nSPS) is 32.1. The molecule has 3 aromatic rings. The number of H-pyrrole nitrogens is 1. The van der Waals surface area contributed by atoms with Crippen LogP contribution in [0, 0.1) is 35.0 Å². The van der Waals surface area contributed by atoms with Gasteiger partial charge in [-0.05, 0) is 49.0 Å². The first kappa shape index (κ1) is 35.3. The minimum absolute atomic E-state index is 0.00249. The van der Waals surface area contributed by atoms with Crippen LogP contribution in [0.5, 0.6) is 0 Å². The van der Waals surface area contributed by atoms with Crippen molar-refractivity contribution in [2.45, 2.75) is 76.6 Å². The molecule has 0 aromatic carbocycles. The zero-order valence-electron chi connectivity index (χ0n) is 26.8. The Morgan fingerprint density at radius 1 is 1.31 bits per heavy atom. The number of halogens is 1. The van der Waals surface area contributed by atoms with E-state index in [0.29, 0.717) is 25.1 Å². The van der Waals surface area contributed by atoms with Gasteiger partial charge in [-0.25, -0.2) is 19.0 Å². The lowest BCUT2D eigenvalue weighted by atomic mass is 9.98. The molecule has 1 amide bonds. The van der Waals surface area contributed by atoms with Crippen molar-refractivity contribution in [1.29, 1.82) is 5.26 Å². The van der Waals surface area contributed by atoms with Gasteiger partial charge < -0.3 is 28.7 Å². The molecule has 3 aliphatic rings. The number of aromatic amines is 1. The molecule has 264 valence electrons. The highest BCUT2D eigenvalue weighted by atomic mass is 32.5. The SMILES string of the molecule is CC(C)C(=O)Nc1nc2c(nnn2[C@@H]2C[C@@H]3COP(O)(=S)O[C@@H]4[C@@H](COC(OCCC#N)C[C@@H]2C3)C[C@@H](Nc2ccncn2)[C@@H]4F)c(=O)[nH]1. The standard InChI is InChI=1S/C29H38FN10O7PS/c1-15(2)27(41)36-29-35-26-24(28(42)37-29)38-39-40(26)20-9-16-8-17(20)11-22(44-7-3-5-31)45-13-18-10-19(34-21-4-6-32-14-33-21)23(30)25(18)47-48(43,49)46-12-16/h4,6,14-20,22-23,25H,3,7-13H2,1-2H3,(H,43,49)(H,32,33,34)(H2,35,36,37,41,42)/t16-,17+,18-,19-,20-,22?,23+,25-,48?/m1/s1. The molecule has 0 radical (unpaired) electrons. The van der Waals surface area contributed by atoms with Crippen LogP contribution in [0.3, 0.4) is 0 Å². The van der Waals surface area contributed by atoms with Crippen LogP contribution >= 0.6 is 6.72 Å². The fourth-order valence-electron chi connectivity index (χ4n) is 6.66. The molecule has 20 heteroatoms. The number of hydrogen-bond donors (Lipinski definition) is 4. The highest BCUT2D eigenvalue weighted by molar-refractivity contribution is 8.07. The summed E-state index contributed by atoms with van der Waals surface area (Å²) in [7, 11) is 0. The zero-order valence-corrected chi connectivity index (χ0v) is 28.6. The first-order valence-electron chi connectivity index (χ1n) is 16.1. The number of hydrogen-bond acceptors (Lipinski definition) is 14. The number of nitriles is 1. The number of carbonyl (C=O) groups is 1. The fourth-order valence-corrected chi connectivity index (χ4v) is 8.20. The number of anilines is 2. The van der Waals surface area contributed by atoms with Gasteiger partial charge in [-0.2, -0.15) is 10.2 Å². The molecule has 2 bridgehead atoms. The van der Waals surface area contributed by atoms with Crippen LogP contribution in [0.15, 0.2) is 23.4 Å². The van der Waals surface area contributed by atoms with Crippen LogP contribution in [0.1, 0.15) is 52.0 Å². The molecule has 9 atom stereocenters. The van der Waals surface area contributed by atoms with Gasteiger partial charge in [-0.1, -0.05) is 19.1 Å². The third-order valence-corrected chi connectivity index (χ3v) is 10.6. The Balaban J connectivity index is 1.28. The molecule has 3 fully saturated rings. The number of ether oxygens (including phenoxy) is 2. The van der Waals surface area contributed by atoms with Gasteiger partial charge in [0.1, 0.15) is 24.4 Å². The summed E-state index contributed by atoms with van der Waals surface area (Å²) in [5.74, 6) is -1.15. The Hall–Kier alpha value is -3.50. The summed E-state index contributed by atoms with van der Waals surface area (Å²) in [6.07, 6.45) is 1.18. The van der Waals surface area contributed by atoms with Gasteiger partial charge in [0.05, 0.1) is 44.4 Å². The summed E-state index contributed by atoms with van der Waals surface area (Å²) in [5.41, 5.74) is -0.370. The van der Waals surface area contributed by atoms with Crippen LogP contribution in [0.25, 0.3) is 11.2 Å². The summed E-state index contributed by atoms with van der Waals surface area (Å²) >= 11 is 5.37. The van der Waals surface area contributed by atoms with Gasteiger partial charge >= 0.3 is 6.72 Å². The molecule has 4 heterocycles. The Bertz CT molecular complexity index is 1780. The lowest BCUT2D eigenvalue weighted by Crippen LogP contribution is -2.35. The second-order valence-electron chi connectivity index (χ2n) is 12.8. The van der Waals surface area contributed by atoms with Crippen molar-refractivity contribution in [2.24, 2.45) is 23.7 Å². The molecule has 1 saturated heterocycles. The zero-order chi connectivity index (χ0) is 34.7. The Kier molecular flexibility index (Phi) is 10.9. The first-order valence-corrected chi connectivity index (χ1v) is 18.7. The molecule has 2 unspecified atom stereocenters. The van der Waals surface area contributed by atoms with Gasteiger partial charge in [0, 0.05) is 24.5 Å². The second kappa shape index (κ2) is 15.2. The molecule has 49 heavy (non-hydrogen) atoms. The Morgan fingerprint density at radius 3 is 2.90 bits per heavy atom. The summed E-state index contributed by atoms with van der Waals surface area (Å²) in [6.45, 7) is -0.338. The van der Waals surface area contributed by atoms with Crippen molar-refractivity contribution in [3.63, 3.8) is 0 Å². The number of nitrogens with one attached hydrogen (secondary N) is 3. The molecule has 6 rings (SSSR count). The lowest BCUT2D eigenvalue weighted by molar-refractivity contribution is -0.164. The first-order chi connectivity index (χ1) is 23.5. The monoisotopic (exact) mass is 720 g/mol. The Labute approximate surface area is 285 Å². The quantitative estimate of drug-likeness (QED) is 0.194. The lowest BCUT2D eigenvalue weighted by Gasteiger charge is -2.29. The molecule has 1 aliphatic heterocycles. The van der Waals surface area contributed by atoms with E-state index >= 15 is 4.39 Å². The van der Waals surface area contributed by atoms with Crippen molar-refractivity contribution in [2.75, 3.05) is 30.5 Å².